The van der Waals surface area contributed by atoms with E-state index in [1.54, 1.807) is 73.7 Å². The van der Waals surface area contributed by atoms with Gasteiger partial charge >= 0.3 is 0 Å². The van der Waals surface area contributed by atoms with Crippen molar-refractivity contribution in [1.82, 2.24) is 19.9 Å². The first-order valence-electron chi connectivity index (χ1n) is 15.1. The Bertz CT molecular complexity index is 1930. The van der Waals surface area contributed by atoms with Crippen molar-refractivity contribution >= 4 is 15.8 Å². The average Bonchev–Trinajstić information content (AvgIpc) is 3.08. The average molecular weight is 672 g/mol. The van der Waals surface area contributed by atoms with E-state index >= 15 is 0 Å². The number of aliphatic hydroxyl groups excluding tert-OH is 1. The fourth-order valence-electron chi connectivity index (χ4n) is 4.48. The van der Waals surface area contributed by atoms with Gasteiger partial charge in [-0.15, -0.1) is 0 Å². The minimum Gasteiger partial charge on any atom is -0.493 e. The van der Waals surface area contributed by atoms with Gasteiger partial charge in [0.15, 0.2) is 23.1 Å². The van der Waals surface area contributed by atoms with Gasteiger partial charge in [0.2, 0.25) is 11.6 Å². The van der Waals surface area contributed by atoms with Crippen molar-refractivity contribution in [3.8, 4) is 40.5 Å². The van der Waals surface area contributed by atoms with Crippen molar-refractivity contribution in [2.45, 2.75) is 44.1 Å². The molecule has 0 aliphatic carbocycles. The maximum Gasteiger partial charge on any atom is 0.264 e. The third-order valence-corrected chi connectivity index (χ3v) is 8.45. The maximum absolute atomic E-state index is 13.8. The summed E-state index contributed by atoms with van der Waals surface area (Å²) in [5.41, 5.74) is 1.57. The number of ether oxygens (including phenoxy) is 4. The van der Waals surface area contributed by atoms with Crippen LogP contribution in [0.5, 0.6) is 28.9 Å². The summed E-state index contributed by atoms with van der Waals surface area (Å²) >= 11 is 0. The van der Waals surface area contributed by atoms with Crippen LogP contribution in [0.3, 0.4) is 0 Å². The van der Waals surface area contributed by atoms with E-state index < -0.39 is 16.1 Å². The summed E-state index contributed by atoms with van der Waals surface area (Å²) in [5, 5.41) is 9.78. The molecule has 5 rings (SSSR count). The van der Waals surface area contributed by atoms with Crippen LogP contribution in [0.2, 0.25) is 0 Å². The van der Waals surface area contributed by atoms with Crippen molar-refractivity contribution in [2.24, 2.45) is 0 Å². The van der Waals surface area contributed by atoms with E-state index in [4.69, 9.17) is 18.9 Å². The van der Waals surface area contributed by atoms with E-state index in [2.05, 4.69) is 24.7 Å². The number of rotatable bonds is 13. The molecule has 0 saturated carbocycles. The molecule has 0 bridgehead atoms. The lowest BCUT2D eigenvalue weighted by molar-refractivity contribution is 0.198. The van der Waals surface area contributed by atoms with Crippen molar-refractivity contribution in [3.05, 3.63) is 102 Å². The summed E-state index contributed by atoms with van der Waals surface area (Å²) in [7, 11) is -2.70. The number of methoxy groups -OCH3 is 1. The number of nitrogens with zero attached hydrogens (tertiary/aromatic N) is 4. The highest BCUT2D eigenvalue weighted by Crippen LogP contribution is 2.41. The van der Waals surface area contributed by atoms with Crippen molar-refractivity contribution in [3.63, 3.8) is 0 Å². The van der Waals surface area contributed by atoms with Gasteiger partial charge in [0.05, 0.1) is 18.1 Å². The fourth-order valence-corrected chi connectivity index (χ4v) is 5.48. The molecule has 2 N–H and O–H groups in total. The molecule has 0 aliphatic heterocycles. The van der Waals surface area contributed by atoms with Gasteiger partial charge in [-0.05, 0) is 65.9 Å². The molecule has 0 fully saturated rings. The van der Waals surface area contributed by atoms with Gasteiger partial charge in [-0.3, -0.25) is 4.72 Å². The van der Waals surface area contributed by atoms with Gasteiger partial charge in [0.25, 0.3) is 15.9 Å². The highest BCUT2D eigenvalue weighted by molar-refractivity contribution is 7.92. The van der Waals surface area contributed by atoms with Gasteiger partial charge in [-0.2, -0.15) is 4.98 Å². The Balaban J connectivity index is 1.53. The molecule has 3 aromatic carbocycles. The second kappa shape index (κ2) is 14.7. The number of hydrogen-bond donors (Lipinski definition) is 2. The van der Waals surface area contributed by atoms with Crippen LogP contribution in [-0.2, 0) is 15.4 Å². The Morgan fingerprint density at radius 1 is 0.812 bits per heavy atom. The second-order valence-electron chi connectivity index (χ2n) is 11.7. The monoisotopic (exact) mass is 671 g/mol. The third kappa shape index (κ3) is 8.35. The minimum atomic E-state index is -4.18. The Labute approximate surface area is 279 Å². The first-order chi connectivity index (χ1) is 22.9. The molecule has 48 heavy (non-hydrogen) atoms. The van der Waals surface area contributed by atoms with Gasteiger partial charge in [-0.1, -0.05) is 57.2 Å². The first kappa shape index (κ1) is 34.1. The molecule has 0 radical (unpaired) electrons. The number of para-hydroxylation sites is 2. The topological polar surface area (TPSA) is 155 Å². The van der Waals surface area contributed by atoms with Crippen LogP contribution in [0.15, 0.2) is 96.2 Å². The summed E-state index contributed by atoms with van der Waals surface area (Å²) in [6.07, 6.45) is 2.44. The second-order valence-corrected chi connectivity index (χ2v) is 13.4. The molecule has 13 heteroatoms. The van der Waals surface area contributed by atoms with Gasteiger partial charge in [0.1, 0.15) is 19.0 Å². The predicted molar refractivity (Wildman–Crippen MR) is 180 cm³/mol. The van der Waals surface area contributed by atoms with Crippen LogP contribution < -0.4 is 23.7 Å². The van der Waals surface area contributed by atoms with Crippen LogP contribution in [-0.4, -0.2) is 53.8 Å². The first-order valence-corrected chi connectivity index (χ1v) is 16.6. The number of aliphatic hydroxyl groups is 1. The molecular weight excluding hydrogens is 634 g/mol. The Hall–Kier alpha value is -5.27. The van der Waals surface area contributed by atoms with Crippen LogP contribution in [0.1, 0.15) is 44.9 Å². The highest BCUT2D eigenvalue weighted by Gasteiger charge is 2.26. The summed E-state index contributed by atoms with van der Waals surface area (Å²) in [5.74, 6) is 0.936. The molecule has 0 saturated heterocycles. The van der Waals surface area contributed by atoms with Gasteiger partial charge < -0.3 is 24.1 Å². The summed E-state index contributed by atoms with van der Waals surface area (Å²) in [4.78, 5) is 17.5. The molecule has 0 spiro atoms. The zero-order chi connectivity index (χ0) is 34.3. The molecule has 2 heterocycles. The molecular formula is C35H37N5O7S. The Morgan fingerprint density at radius 3 is 2.08 bits per heavy atom. The number of hydrogen-bond acceptors (Lipinski definition) is 11. The Kier molecular flexibility index (Phi) is 10.4. The molecule has 1 unspecified atom stereocenters. The lowest BCUT2D eigenvalue weighted by Crippen LogP contribution is -2.18. The van der Waals surface area contributed by atoms with Crippen LogP contribution in [0.25, 0.3) is 11.6 Å². The molecule has 12 nitrogen and oxygen atoms in total. The van der Waals surface area contributed by atoms with E-state index in [0.717, 1.165) is 11.1 Å². The highest BCUT2D eigenvalue weighted by atomic mass is 32.2. The third-order valence-electron chi connectivity index (χ3n) is 7.10. The van der Waals surface area contributed by atoms with E-state index in [-0.39, 0.29) is 58.4 Å². The number of sulfonamides is 1. The molecule has 1 atom stereocenters. The maximum atomic E-state index is 13.8. The largest absolute Gasteiger partial charge is 0.493 e. The van der Waals surface area contributed by atoms with Crippen LogP contribution in [0, 0.1) is 0 Å². The van der Waals surface area contributed by atoms with E-state index in [1.807, 2.05) is 20.8 Å². The molecule has 5 aromatic rings. The quantitative estimate of drug-likeness (QED) is 0.135. The standard InChI is InChI=1S/C35H37N5O7S/c1-23(41)24-11-15-26(16-12-24)45-21-22-46-34-30(47-29-10-7-6-9-28(29)44-5)31(38-33(39-34)32-36-19-8-20-37-32)40-48(42,43)27-17-13-25(14-18-27)35(2,3)4/h6-20,23,41H,21-22H2,1-5H3,(H,38,39,40). The number of anilines is 1. The van der Waals surface area contributed by atoms with Crippen LogP contribution >= 0.6 is 0 Å². The summed E-state index contributed by atoms with van der Waals surface area (Å²) in [6, 6.07) is 22.1. The lowest BCUT2D eigenvalue weighted by Gasteiger charge is -2.20. The van der Waals surface area contributed by atoms with Gasteiger partial charge in [-0.25, -0.2) is 23.4 Å². The van der Waals surface area contributed by atoms with E-state index in [0.29, 0.717) is 11.5 Å². The van der Waals surface area contributed by atoms with Crippen LogP contribution in [0.4, 0.5) is 5.82 Å². The summed E-state index contributed by atoms with van der Waals surface area (Å²) < 4.78 is 53.7. The molecule has 0 aliphatic rings. The van der Waals surface area contributed by atoms with Crippen molar-refractivity contribution in [2.75, 3.05) is 25.0 Å². The molecule has 250 valence electrons. The minimum absolute atomic E-state index is 0.00612. The number of benzene rings is 3. The Morgan fingerprint density at radius 2 is 1.46 bits per heavy atom. The molecule has 0 amide bonds. The number of nitrogens with one attached hydrogen (secondary N) is 1. The molecule has 2 aromatic heterocycles. The zero-order valence-electron chi connectivity index (χ0n) is 27.2. The normalized spacial score (nSPS) is 12.2. The smallest absolute Gasteiger partial charge is 0.264 e. The van der Waals surface area contributed by atoms with Crippen molar-refractivity contribution < 1.29 is 32.5 Å². The SMILES string of the molecule is COc1ccccc1Oc1c(NS(=O)(=O)c2ccc(C(C)(C)C)cc2)nc(-c2ncccn2)nc1OCCOc1ccc(C(C)O)cc1. The van der Waals surface area contributed by atoms with E-state index in [9.17, 15) is 13.5 Å². The fraction of sp³-hybridized carbons (Fsp3) is 0.257. The van der Waals surface area contributed by atoms with Crippen molar-refractivity contribution in [1.29, 1.82) is 0 Å². The van der Waals surface area contributed by atoms with Gasteiger partial charge in [0, 0.05) is 12.4 Å². The predicted octanol–water partition coefficient (Wildman–Crippen LogP) is 6.34. The lowest BCUT2D eigenvalue weighted by atomic mass is 9.87. The summed E-state index contributed by atoms with van der Waals surface area (Å²) in [6.45, 7) is 7.91. The zero-order valence-corrected chi connectivity index (χ0v) is 28.1. The van der Waals surface area contributed by atoms with E-state index in [1.165, 1.54) is 31.6 Å². The number of aromatic nitrogens is 4.